The van der Waals surface area contributed by atoms with E-state index >= 15 is 0 Å². The van der Waals surface area contributed by atoms with Gasteiger partial charge in [-0.25, -0.2) is 0 Å². The fourth-order valence-electron chi connectivity index (χ4n) is 2.00. The SMILES string of the molecule is Cc1cc(Oc2c(C)cc(Cl)cc2C)ccc1C#N. The maximum absolute atomic E-state index is 8.91. The van der Waals surface area contributed by atoms with Crippen LogP contribution in [0.25, 0.3) is 0 Å². The number of ether oxygens (including phenoxy) is 1. The lowest BCUT2D eigenvalue weighted by Gasteiger charge is -2.13. The summed E-state index contributed by atoms with van der Waals surface area (Å²) in [4.78, 5) is 0. The van der Waals surface area contributed by atoms with Gasteiger partial charge in [-0.2, -0.15) is 5.26 Å². The van der Waals surface area contributed by atoms with Crippen LogP contribution in [0.1, 0.15) is 22.3 Å². The third kappa shape index (κ3) is 2.89. The highest BCUT2D eigenvalue weighted by molar-refractivity contribution is 6.30. The smallest absolute Gasteiger partial charge is 0.133 e. The molecule has 0 fully saturated rings. The molecule has 0 bridgehead atoms. The molecule has 0 heterocycles. The molecule has 0 spiro atoms. The van der Waals surface area contributed by atoms with E-state index in [1.165, 1.54) is 0 Å². The number of nitrogens with zero attached hydrogens (tertiary/aromatic N) is 1. The summed E-state index contributed by atoms with van der Waals surface area (Å²) in [7, 11) is 0. The molecular formula is C16H14ClNO. The summed E-state index contributed by atoms with van der Waals surface area (Å²) in [5, 5.41) is 9.62. The van der Waals surface area contributed by atoms with Gasteiger partial charge in [-0.3, -0.25) is 0 Å². The van der Waals surface area contributed by atoms with Gasteiger partial charge in [0, 0.05) is 5.02 Å². The average Bonchev–Trinajstić information content (AvgIpc) is 2.34. The van der Waals surface area contributed by atoms with Crippen molar-refractivity contribution in [2.75, 3.05) is 0 Å². The zero-order chi connectivity index (χ0) is 14.0. The lowest BCUT2D eigenvalue weighted by Crippen LogP contribution is -1.92. The normalized spacial score (nSPS) is 10.1. The topological polar surface area (TPSA) is 33.0 Å². The molecule has 0 aromatic heterocycles. The molecule has 0 radical (unpaired) electrons. The molecule has 0 aliphatic rings. The van der Waals surface area contributed by atoms with E-state index in [2.05, 4.69) is 6.07 Å². The molecule has 19 heavy (non-hydrogen) atoms. The Bertz CT molecular complexity index is 648. The summed E-state index contributed by atoms with van der Waals surface area (Å²) >= 11 is 6.00. The van der Waals surface area contributed by atoms with E-state index in [1.807, 2.05) is 39.0 Å². The van der Waals surface area contributed by atoms with Gasteiger partial charge in [0.1, 0.15) is 11.5 Å². The largest absolute Gasteiger partial charge is 0.457 e. The molecule has 2 aromatic carbocycles. The second kappa shape index (κ2) is 5.34. The Hall–Kier alpha value is -1.98. The molecule has 0 atom stereocenters. The lowest BCUT2D eigenvalue weighted by molar-refractivity contribution is 0.474. The molecule has 0 N–H and O–H groups in total. The second-order valence-corrected chi connectivity index (χ2v) is 5.00. The molecule has 3 heteroatoms. The van der Waals surface area contributed by atoms with Gasteiger partial charge in [0.2, 0.25) is 0 Å². The van der Waals surface area contributed by atoms with E-state index in [-0.39, 0.29) is 0 Å². The number of halogens is 1. The Morgan fingerprint density at radius 1 is 1.00 bits per heavy atom. The summed E-state index contributed by atoms with van der Waals surface area (Å²) in [6.45, 7) is 5.82. The zero-order valence-electron chi connectivity index (χ0n) is 11.1. The van der Waals surface area contributed by atoms with E-state index in [9.17, 15) is 0 Å². The van der Waals surface area contributed by atoms with Crippen LogP contribution >= 0.6 is 11.6 Å². The highest BCUT2D eigenvalue weighted by Gasteiger charge is 2.08. The minimum atomic E-state index is 0.664. The Labute approximate surface area is 118 Å². The molecule has 2 aromatic rings. The number of nitriles is 1. The van der Waals surface area contributed by atoms with Gasteiger partial charge in [0.15, 0.2) is 0 Å². The first-order valence-corrected chi connectivity index (χ1v) is 6.34. The summed E-state index contributed by atoms with van der Waals surface area (Å²) in [6.07, 6.45) is 0. The summed E-state index contributed by atoms with van der Waals surface area (Å²) in [5.74, 6) is 1.54. The predicted octanol–water partition coefficient (Wildman–Crippen LogP) is 4.93. The zero-order valence-corrected chi connectivity index (χ0v) is 11.9. The van der Waals surface area contributed by atoms with E-state index < -0.39 is 0 Å². The minimum absolute atomic E-state index is 0.664. The van der Waals surface area contributed by atoms with E-state index in [0.717, 1.165) is 28.2 Å². The highest BCUT2D eigenvalue weighted by atomic mass is 35.5. The Morgan fingerprint density at radius 3 is 2.16 bits per heavy atom. The van der Waals surface area contributed by atoms with Crippen molar-refractivity contribution < 1.29 is 4.74 Å². The van der Waals surface area contributed by atoms with Crippen LogP contribution in [0.5, 0.6) is 11.5 Å². The molecular weight excluding hydrogens is 258 g/mol. The van der Waals surface area contributed by atoms with E-state index in [4.69, 9.17) is 21.6 Å². The van der Waals surface area contributed by atoms with Crippen LogP contribution in [-0.2, 0) is 0 Å². The first kappa shape index (κ1) is 13.5. The standard InChI is InChI=1S/C16H14ClNO/c1-10-8-15(5-4-13(10)9-18)19-16-11(2)6-14(17)7-12(16)3/h4-8H,1-3H3. The molecule has 2 rings (SSSR count). The fraction of sp³-hybridized carbons (Fsp3) is 0.188. The summed E-state index contributed by atoms with van der Waals surface area (Å²) in [5.41, 5.74) is 3.56. The van der Waals surface area contributed by atoms with Crippen LogP contribution in [0.2, 0.25) is 5.02 Å². The van der Waals surface area contributed by atoms with Gasteiger partial charge >= 0.3 is 0 Å². The third-order valence-corrected chi connectivity index (χ3v) is 3.18. The first-order valence-electron chi connectivity index (χ1n) is 5.96. The van der Waals surface area contributed by atoms with E-state index in [1.54, 1.807) is 12.1 Å². The van der Waals surface area contributed by atoms with Gasteiger partial charge in [0.05, 0.1) is 11.6 Å². The van der Waals surface area contributed by atoms with Crippen molar-refractivity contribution in [3.8, 4) is 17.6 Å². The van der Waals surface area contributed by atoms with Gasteiger partial charge in [-0.05, 0) is 67.8 Å². The molecule has 0 saturated carbocycles. The third-order valence-electron chi connectivity index (χ3n) is 2.96. The number of hydrogen-bond acceptors (Lipinski definition) is 2. The summed E-state index contributed by atoms with van der Waals surface area (Å²) < 4.78 is 5.91. The molecule has 0 amide bonds. The van der Waals surface area contributed by atoms with Gasteiger partial charge in [0.25, 0.3) is 0 Å². The number of rotatable bonds is 2. The van der Waals surface area contributed by atoms with Crippen molar-refractivity contribution in [3.05, 3.63) is 57.6 Å². The van der Waals surface area contributed by atoms with E-state index in [0.29, 0.717) is 10.6 Å². The maximum Gasteiger partial charge on any atom is 0.133 e. The van der Waals surface area contributed by atoms with Gasteiger partial charge < -0.3 is 4.74 Å². The molecule has 0 saturated heterocycles. The number of hydrogen-bond donors (Lipinski definition) is 0. The van der Waals surface area contributed by atoms with Crippen LogP contribution < -0.4 is 4.74 Å². The van der Waals surface area contributed by atoms with Crippen molar-refractivity contribution in [2.24, 2.45) is 0 Å². The van der Waals surface area contributed by atoms with Crippen LogP contribution in [0.3, 0.4) is 0 Å². The maximum atomic E-state index is 8.91. The monoisotopic (exact) mass is 271 g/mol. The number of aryl methyl sites for hydroxylation is 3. The second-order valence-electron chi connectivity index (χ2n) is 4.56. The summed E-state index contributed by atoms with van der Waals surface area (Å²) in [6, 6.07) is 11.3. The van der Waals surface area contributed by atoms with Crippen molar-refractivity contribution in [2.45, 2.75) is 20.8 Å². The van der Waals surface area contributed by atoms with Crippen molar-refractivity contribution in [1.29, 1.82) is 5.26 Å². The van der Waals surface area contributed by atoms with Gasteiger partial charge in [-0.15, -0.1) is 0 Å². The average molecular weight is 272 g/mol. The fourth-order valence-corrected chi connectivity index (χ4v) is 2.33. The van der Waals surface area contributed by atoms with Gasteiger partial charge in [-0.1, -0.05) is 11.6 Å². The van der Waals surface area contributed by atoms with Crippen molar-refractivity contribution in [1.82, 2.24) is 0 Å². The molecule has 2 nitrogen and oxygen atoms in total. The van der Waals surface area contributed by atoms with Crippen molar-refractivity contribution >= 4 is 11.6 Å². The molecule has 0 unspecified atom stereocenters. The van der Waals surface area contributed by atoms with Crippen LogP contribution in [0.4, 0.5) is 0 Å². The Balaban J connectivity index is 2.37. The van der Waals surface area contributed by atoms with Crippen LogP contribution in [0.15, 0.2) is 30.3 Å². The highest BCUT2D eigenvalue weighted by Crippen LogP contribution is 2.31. The quantitative estimate of drug-likeness (QED) is 0.776. The predicted molar refractivity (Wildman–Crippen MR) is 76.9 cm³/mol. The van der Waals surface area contributed by atoms with Crippen molar-refractivity contribution in [3.63, 3.8) is 0 Å². The molecule has 0 aliphatic carbocycles. The Morgan fingerprint density at radius 2 is 1.63 bits per heavy atom. The van der Waals surface area contributed by atoms with Crippen LogP contribution in [0, 0.1) is 32.1 Å². The lowest BCUT2D eigenvalue weighted by atomic mass is 10.1. The molecule has 96 valence electrons. The molecule has 0 aliphatic heterocycles. The minimum Gasteiger partial charge on any atom is -0.457 e. The first-order chi connectivity index (χ1) is 9.01. The Kier molecular flexibility index (Phi) is 3.78. The number of benzene rings is 2. The van der Waals surface area contributed by atoms with Crippen LogP contribution in [-0.4, -0.2) is 0 Å².